The van der Waals surface area contributed by atoms with E-state index in [-0.39, 0.29) is 5.91 Å². The number of aromatic nitrogens is 3. The quantitative estimate of drug-likeness (QED) is 0.914. The van der Waals surface area contributed by atoms with Crippen molar-refractivity contribution in [2.24, 2.45) is 7.05 Å². The van der Waals surface area contributed by atoms with Crippen LogP contribution in [-0.4, -0.2) is 45.7 Å². The van der Waals surface area contributed by atoms with E-state index in [1.807, 2.05) is 35.9 Å². The van der Waals surface area contributed by atoms with Gasteiger partial charge in [0.2, 0.25) is 5.91 Å². The first kappa shape index (κ1) is 16.5. The summed E-state index contributed by atoms with van der Waals surface area (Å²) in [6.45, 7) is 1.67. The maximum Gasteiger partial charge on any atom is 0.222 e. The lowest BCUT2D eigenvalue weighted by Gasteiger charge is -2.33. The molecule has 24 heavy (non-hydrogen) atoms. The molecule has 1 fully saturated rings. The topological polar surface area (TPSA) is 63.1 Å². The fourth-order valence-corrected chi connectivity index (χ4v) is 3.35. The summed E-state index contributed by atoms with van der Waals surface area (Å²) in [4.78, 5) is 18.9. The van der Waals surface area contributed by atoms with E-state index < -0.39 is 0 Å². The monoisotopic (exact) mass is 327 g/mol. The molecule has 0 unspecified atom stereocenters. The molecule has 1 aliphatic rings. The number of hydrogen-bond acceptors (Lipinski definition) is 4. The van der Waals surface area contributed by atoms with Crippen LogP contribution in [0.5, 0.6) is 0 Å². The maximum absolute atomic E-state index is 12.6. The number of nitrogens with one attached hydrogen (secondary N) is 1. The summed E-state index contributed by atoms with van der Waals surface area (Å²) in [6, 6.07) is 6.13. The van der Waals surface area contributed by atoms with Gasteiger partial charge in [0.1, 0.15) is 5.82 Å². The van der Waals surface area contributed by atoms with E-state index >= 15 is 0 Å². The maximum atomic E-state index is 12.6. The van der Waals surface area contributed by atoms with Gasteiger partial charge in [-0.05, 0) is 43.0 Å². The molecule has 0 radical (unpaired) electrons. The van der Waals surface area contributed by atoms with Crippen LogP contribution in [0.3, 0.4) is 0 Å². The molecule has 3 rings (SSSR count). The van der Waals surface area contributed by atoms with E-state index in [1.54, 1.807) is 6.20 Å². The van der Waals surface area contributed by atoms with Crippen molar-refractivity contribution in [3.8, 4) is 0 Å². The van der Waals surface area contributed by atoms with Crippen LogP contribution in [-0.2, 0) is 18.3 Å². The zero-order valence-corrected chi connectivity index (χ0v) is 14.4. The van der Waals surface area contributed by atoms with Gasteiger partial charge in [-0.1, -0.05) is 0 Å². The molecular formula is C18H25N5O. The normalized spacial score (nSPS) is 17.8. The van der Waals surface area contributed by atoms with E-state index in [4.69, 9.17) is 0 Å². The lowest BCUT2D eigenvalue weighted by molar-refractivity contribution is -0.132. The predicted octanol–water partition coefficient (Wildman–Crippen LogP) is 2.20. The summed E-state index contributed by atoms with van der Waals surface area (Å²) in [7, 11) is 3.79. The predicted molar refractivity (Wildman–Crippen MR) is 93.9 cm³/mol. The molecule has 1 N–H and O–H groups in total. The van der Waals surface area contributed by atoms with Crippen molar-refractivity contribution >= 4 is 11.7 Å². The Morgan fingerprint density at radius 3 is 3.00 bits per heavy atom. The first-order chi connectivity index (χ1) is 11.7. The number of carbonyl (C=O) groups excluding carboxylic acids is 1. The Hall–Kier alpha value is -2.37. The molecule has 1 amide bonds. The van der Waals surface area contributed by atoms with Crippen LogP contribution in [0.2, 0.25) is 0 Å². The van der Waals surface area contributed by atoms with E-state index in [9.17, 15) is 4.79 Å². The van der Waals surface area contributed by atoms with Gasteiger partial charge in [-0.25, -0.2) is 4.98 Å². The van der Waals surface area contributed by atoms with Gasteiger partial charge in [0.05, 0.1) is 0 Å². The van der Waals surface area contributed by atoms with Crippen molar-refractivity contribution in [1.82, 2.24) is 19.7 Å². The summed E-state index contributed by atoms with van der Waals surface area (Å²) in [5.74, 6) is 1.52. The minimum absolute atomic E-state index is 0.240. The first-order valence-corrected chi connectivity index (χ1v) is 8.55. The molecule has 0 aromatic carbocycles. The fourth-order valence-electron chi connectivity index (χ4n) is 3.35. The Kier molecular flexibility index (Phi) is 5.13. The first-order valence-electron chi connectivity index (χ1n) is 8.55. The molecule has 2 aromatic heterocycles. The number of amides is 1. The fraction of sp³-hybridized carbons (Fsp3) is 0.500. The Morgan fingerprint density at radius 2 is 2.25 bits per heavy atom. The van der Waals surface area contributed by atoms with E-state index in [0.29, 0.717) is 12.3 Å². The van der Waals surface area contributed by atoms with Crippen LogP contribution < -0.4 is 5.32 Å². The highest BCUT2D eigenvalue weighted by Gasteiger charge is 2.24. The Labute approximate surface area is 142 Å². The van der Waals surface area contributed by atoms with Gasteiger partial charge >= 0.3 is 0 Å². The summed E-state index contributed by atoms with van der Waals surface area (Å²) >= 11 is 0. The van der Waals surface area contributed by atoms with Gasteiger partial charge in [-0.3, -0.25) is 9.48 Å². The van der Waals surface area contributed by atoms with E-state index in [1.165, 1.54) is 5.56 Å². The lowest BCUT2D eigenvalue weighted by Crippen LogP contribution is -2.39. The summed E-state index contributed by atoms with van der Waals surface area (Å²) in [5.41, 5.74) is 2.36. The number of piperidine rings is 1. The third kappa shape index (κ3) is 3.75. The second-order valence-corrected chi connectivity index (χ2v) is 6.35. The van der Waals surface area contributed by atoms with Crippen LogP contribution in [0.15, 0.2) is 30.6 Å². The van der Waals surface area contributed by atoms with Crippen molar-refractivity contribution in [2.75, 3.05) is 25.5 Å². The molecule has 6 heteroatoms. The SMILES string of the molecule is CNc1cc([C@H]2CCCN(C(=O)CCc3ccnn3C)C2)ccn1. The molecule has 1 aliphatic heterocycles. The van der Waals surface area contributed by atoms with Gasteiger partial charge in [0.25, 0.3) is 0 Å². The summed E-state index contributed by atoms with van der Waals surface area (Å²) in [6.07, 6.45) is 7.09. The molecule has 6 nitrogen and oxygen atoms in total. The molecule has 0 spiro atoms. The minimum Gasteiger partial charge on any atom is -0.373 e. The lowest BCUT2D eigenvalue weighted by atomic mass is 9.91. The van der Waals surface area contributed by atoms with Gasteiger partial charge in [-0.15, -0.1) is 0 Å². The number of aryl methyl sites for hydroxylation is 2. The average molecular weight is 327 g/mol. The molecule has 0 saturated carbocycles. The number of pyridine rings is 1. The molecule has 0 bridgehead atoms. The molecule has 1 atom stereocenters. The summed E-state index contributed by atoms with van der Waals surface area (Å²) in [5, 5.41) is 7.24. The number of nitrogens with zero attached hydrogens (tertiary/aromatic N) is 4. The number of carbonyl (C=O) groups is 1. The number of likely N-dealkylation sites (tertiary alicyclic amines) is 1. The zero-order chi connectivity index (χ0) is 16.9. The van der Waals surface area contributed by atoms with Crippen molar-refractivity contribution < 1.29 is 4.79 Å². The van der Waals surface area contributed by atoms with Crippen LogP contribution in [0.4, 0.5) is 5.82 Å². The van der Waals surface area contributed by atoms with Crippen molar-refractivity contribution in [3.05, 3.63) is 41.9 Å². The number of anilines is 1. The Morgan fingerprint density at radius 1 is 1.38 bits per heavy atom. The zero-order valence-electron chi connectivity index (χ0n) is 14.4. The van der Waals surface area contributed by atoms with Gasteiger partial charge < -0.3 is 10.2 Å². The number of rotatable bonds is 5. The van der Waals surface area contributed by atoms with Crippen LogP contribution >= 0.6 is 0 Å². The minimum atomic E-state index is 0.240. The van der Waals surface area contributed by atoms with Gasteiger partial charge in [0.15, 0.2) is 0 Å². The summed E-state index contributed by atoms with van der Waals surface area (Å²) < 4.78 is 1.84. The molecule has 128 valence electrons. The molecule has 3 heterocycles. The second-order valence-electron chi connectivity index (χ2n) is 6.35. The van der Waals surface area contributed by atoms with Crippen molar-refractivity contribution in [2.45, 2.75) is 31.6 Å². The third-order valence-electron chi connectivity index (χ3n) is 4.80. The van der Waals surface area contributed by atoms with E-state index in [0.717, 1.165) is 43.9 Å². The second kappa shape index (κ2) is 7.47. The highest BCUT2D eigenvalue weighted by molar-refractivity contribution is 5.76. The number of hydrogen-bond donors (Lipinski definition) is 1. The Bertz CT molecular complexity index is 696. The highest BCUT2D eigenvalue weighted by atomic mass is 16.2. The largest absolute Gasteiger partial charge is 0.373 e. The molecule has 0 aliphatic carbocycles. The molecule has 1 saturated heterocycles. The van der Waals surface area contributed by atoms with Gasteiger partial charge in [-0.2, -0.15) is 5.10 Å². The Balaban J connectivity index is 1.60. The van der Waals surface area contributed by atoms with Crippen LogP contribution in [0.25, 0.3) is 0 Å². The molecular weight excluding hydrogens is 302 g/mol. The standard InChI is InChI=1S/C18H25N5O/c1-19-17-12-14(7-9-20-17)15-4-3-11-23(13-15)18(24)6-5-16-8-10-21-22(16)2/h7-10,12,15H,3-6,11,13H2,1-2H3,(H,19,20)/t15-/m0/s1. The smallest absolute Gasteiger partial charge is 0.222 e. The van der Waals surface area contributed by atoms with E-state index in [2.05, 4.69) is 27.5 Å². The average Bonchev–Trinajstić information content (AvgIpc) is 3.04. The van der Waals surface area contributed by atoms with Crippen molar-refractivity contribution in [3.63, 3.8) is 0 Å². The van der Waals surface area contributed by atoms with Crippen LogP contribution in [0.1, 0.15) is 36.4 Å². The van der Waals surface area contributed by atoms with Crippen LogP contribution in [0, 0.1) is 0 Å². The highest BCUT2D eigenvalue weighted by Crippen LogP contribution is 2.28. The third-order valence-corrected chi connectivity index (χ3v) is 4.80. The van der Waals surface area contributed by atoms with Crippen molar-refractivity contribution in [1.29, 1.82) is 0 Å². The molecule has 2 aromatic rings. The van der Waals surface area contributed by atoms with Gasteiger partial charge in [0, 0.05) is 57.6 Å².